The van der Waals surface area contributed by atoms with Gasteiger partial charge in [-0.1, -0.05) is 115 Å². The van der Waals surface area contributed by atoms with Crippen LogP contribution in [0.4, 0.5) is 4.39 Å². The Labute approximate surface area is 429 Å². The molecule has 12 heteroatoms. The summed E-state index contributed by atoms with van der Waals surface area (Å²) in [4.78, 5) is 43.4. The molecule has 0 saturated heterocycles. The summed E-state index contributed by atoms with van der Waals surface area (Å²) in [6.45, 7) is 14.6. The highest BCUT2D eigenvalue weighted by Gasteiger charge is 2.28. The number of thioether (sulfide) groups is 1. The molecule has 0 radical (unpaired) electrons. The van der Waals surface area contributed by atoms with E-state index < -0.39 is 17.8 Å². The summed E-state index contributed by atoms with van der Waals surface area (Å²) in [6, 6.07) is 29.6. The number of hydrogen-bond donors (Lipinski definition) is 2. The zero-order valence-electron chi connectivity index (χ0n) is 42.7. The number of aromatic carboxylic acids is 2. The number of ether oxygens (including phenoxy) is 3. The highest BCUT2D eigenvalue weighted by molar-refractivity contribution is 7.99. The van der Waals surface area contributed by atoms with Crippen LogP contribution >= 0.6 is 11.8 Å². The molecular weight excluding hydrogens is 928 g/mol. The lowest BCUT2D eigenvalue weighted by Gasteiger charge is -2.32. The van der Waals surface area contributed by atoms with Crippen molar-refractivity contribution in [2.75, 3.05) is 32.2 Å². The normalized spacial score (nSPS) is 13.2. The SMILES string of the molecule is CCCCCCCCc1ccc(-c2ccc(C(=O)O)cc2)cc1.CCCCOCCOC1=C(C)CC(c2ccc(C(=O)O)c(F)c2)=N1.CCOC(=O)c1ccc(C#Cc2ccc3c(c2)C(C)(C)CCS3)nc1. The Morgan fingerprint density at radius 1 is 0.736 bits per heavy atom. The van der Waals surface area contributed by atoms with Crippen molar-refractivity contribution in [1.82, 2.24) is 4.98 Å². The maximum atomic E-state index is 13.8. The van der Waals surface area contributed by atoms with Crippen molar-refractivity contribution >= 4 is 35.4 Å². The molecule has 2 aliphatic rings. The molecule has 0 amide bonds. The number of halogens is 1. The van der Waals surface area contributed by atoms with Gasteiger partial charge in [-0.3, -0.25) is 0 Å². The van der Waals surface area contributed by atoms with Crippen molar-refractivity contribution in [3.05, 3.63) is 165 Å². The Morgan fingerprint density at radius 3 is 2.07 bits per heavy atom. The maximum Gasteiger partial charge on any atom is 0.339 e. The van der Waals surface area contributed by atoms with Gasteiger partial charge in [0.2, 0.25) is 5.88 Å². The fraction of sp³-hybridized carbons (Fsp3) is 0.383. The minimum atomic E-state index is -1.28. The number of hydrogen-bond acceptors (Lipinski definition) is 9. The zero-order valence-corrected chi connectivity index (χ0v) is 43.5. The number of esters is 1. The molecule has 0 atom stereocenters. The third-order valence-electron chi connectivity index (χ3n) is 12.2. The average Bonchev–Trinajstić information content (AvgIpc) is 3.75. The fourth-order valence-electron chi connectivity index (χ4n) is 7.85. The fourth-order valence-corrected chi connectivity index (χ4v) is 9.34. The van der Waals surface area contributed by atoms with E-state index in [1.807, 2.05) is 30.8 Å². The Balaban J connectivity index is 0.000000201. The number of benzene rings is 4. The van der Waals surface area contributed by atoms with E-state index in [9.17, 15) is 18.8 Å². The van der Waals surface area contributed by atoms with Crippen molar-refractivity contribution in [1.29, 1.82) is 0 Å². The molecule has 0 bridgehead atoms. The van der Waals surface area contributed by atoms with Crippen molar-refractivity contribution in [2.24, 2.45) is 4.99 Å². The van der Waals surface area contributed by atoms with Crippen LogP contribution in [0.25, 0.3) is 11.1 Å². The van der Waals surface area contributed by atoms with Gasteiger partial charge in [0.05, 0.1) is 35.6 Å². The molecule has 10 nitrogen and oxygen atoms in total. The molecule has 7 rings (SSSR count). The largest absolute Gasteiger partial charge is 0.478 e. The van der Waals surface area contributed by atoms with Gasteiger partial charge in [-0.15, -0.1) is 11.8 Å². The Bertz CT molecular complexity index is 2700. The van der Waals surface area contributed by atoms with E-state index in [0.29, 0.717) is 60.2 Å². The number of unbranched alkanes of at least 4 members (excludes halogenated alkanes) is 6. The number of pyridine rings is 1. The summed E-state index contributed by atoms with van der Waals surface area (Å²) in [7, 11) is 0. The van der Waals surface area contributed by atoms with Gasteiger partial charge in [-0.05, 0) is 145 Å². The first-order valence-electron chi connectivity index (χ1n) is 25.1. The summed E-state index contributed by atoms with van der Waals surface area (Å²) >= 11 is 1.92. The van der Waals surface area contributed by atoms with Crippen molar-refractivity contribution in [3.63, 3.8) is 0 Å². The molecular formula is C60H69FN2O8S. The number of fused-ring (bicyclic) bond motifs is 1. The molecule has 72 heavy (non-hydrogen) atoms. The van der Waals surface area contributed by atoms with E-state index in [0.717, 1.165) is 48.1 Å². The number of nitrogens with zero attached hydrogens (tertiary/aromatic N) is 2. The van der Waals surface area contributed by atoms with Gasteiger partial charge in [0.25, 0.3) is 0 Å². The molecule has 4 aromatic carbocycles. The number of aromatic nitrogens is 1. The van der Waals surface area contributed by atoms with Crippen LogP contribution in [-0.4, -0.2) is 71.0 Å². The first-order valence-corrected chi connectivity index (χ1v) is 26.1. The van der Waals surface area contributed by atoms with E-state index in [1.165, 1.54) is 85.1 Å². The monoisotopic (exact) mass is 996 g/mol. The first-order chi connectivity index (χ1) is 34.7. The van der Waals surface area contributed by atoms with E-state index in [2.05, 4.69) is 92.0 Å². The topological polar surface area (TPSA) is 145 Å². The molecule has 0 spiro atoms. The van der Waals surface area contributed by atoms with Crippen LogP contribution in [0, 0.1) is 17.7 Å². The van der Waals surface area contributed by atoms with Crippen LogP contribution in [0.3, 0.4) is 0 Å². The summed E-state index contributed by atoms with van der Waals surface area (Å²) in [5, 5.41) is 17.8. The highest BCUT2D eigenvalue weighted by Crippen LogP contribution is 2.41. The number of carbonyl (C=O) groups is 3. The third-order valence-corrected chi connectivity index (χ3v) is 13.3. The molecule has 2 aliphatic heterocycles. The van der Waals surface area contributed by atoms with Gasteiger partial charge in [-0.25, -0.2) is 28.8 Å². The van der Waals surface area contributed by atoms with Gasteiger partial charge >= 0.3 is 17.9 Å². The molecule has 1 aromatic heterocycles. The number of carboxylic acids is 2. The van der Waals surface area contributed by atoms with Gasteiger partial charge in [-0.2, -0.15) is 0 Å². The molecule has 0 aliphatic carbocycles. The number of allylic oxidation sites excluding steroid dienone is 1. The molecule has 380 valence electrons. The van der Waals surface area contributed by atoms with Crippen molar-refractivity contribution < 1.29 is 43.2 Å². The standard InChI is InChI=1S/C21H21NO2S.C21H26O2.C18H22FNO4/c1-4-24-20(23)16-7-9-17(22-14-16)8-5-15-6-10-19-18(13-15)21(2,3)11-12-25-19;1-2-3-4-5-6-7-8-17-9-11-18(12-10-17)19-13-15-20(16-14-19)21(22)23;1-3-4-7-23-8-9-24-17-12(2)10-16(20-17)13-5-6-14(18(21)22)15(19)11-13/h6-7,9-10,13-14H,4,11-12H2,1-3H3;9-16H,2-8H2,1H3,(H,22,23);5-6,11H,3-4,7-10H2,1-2H3,(H,21,22). The molecule has 0 fully saturated rings. The maximum absolute atomic E-state index is 13.8. The Morgan fingerprint density at radius 2 is 1.42 bits per heavy atom. The quantitative estimate of drug-likeness (QED) is 0.0439. The van der Waals surface area contributed by atoms with E-state index in [4.69, 9.17) is 24.4 Å². The summed E-state index contributed by atoms with van der Waals surface area (Å²) in [6.07, 6.45) is 14.5. The first kappa shape index (κ1) is 56.4. The number of aliphatic imine (C=N–C) groups is 1. The van der Waals surface area contributed by atoms with Gasteiger partial charge in [0, 0.05) is 29.7 Å². The van der Waals surface area contributed by atoms with Crippen LogP contribution in [-0.2, 0) is 26.0 Å². The highest BCUT2D eigenvalue weighted by atomic mass is 32.2. The predicted molar refractivity (Wildman–Crippen MR) is 286 cm³/mol. The number of rotatable bonds is 20. The van der Waals surface area contributed by atoms with Crippen molar-refractivity contribution in [2.45, 2.75) is 122 Å². The van der Waals surface area contributed by atoms with Crippen LogP contribution < -0.4 is 0 Å². The molecule has 0 unspecified atom stereocenters. The van der Waals surface area contributed by atoms with Gasteiger partial charge in [0.1, 0.15) is 18.1 Å². The molecule has 3 heterocycles. The van der Waals surface area contributed by atoms with Gasteiger partial charge < -0.3 is 24.4 Å². The van der Waals surface area contributed by atoms with E-state index in [1.54, 1.807) is 37.3 Å². The Hall–Kier alpha value is -6.55. The second-order valence-corrected chi connectivity index (χ2v) is 19.5. The lowest BCUT2D eigenvalue weighted by Crippen LogP contribution is -2.22. The number of aryl methyl sites for hydroxylation is 1. The minimum absolute atomic E-state index is 0.192. The molecule has 2 N–H and O–H groups in total. The summed E-state index contributed by atoms with van der Waals surface area (Å²) in [5.41, 5.74) is 9.39. The van der Waals surface area contributed by atoms with Gasteiger partial charge in [0.15, 0.2) is 0 Å². The Kier molecular flexibility index (Phi) is 22.8. The van der Waals surface area contributed by atoms with Crippen LogP contribution in [0.15, 0.2) is 125 Å². The molecule has 5 aromatic rings. The lowest BCUT2D eigenvalue weighted by molar-refractivity contribution is 0.0524. The average molecular weight is 997 g/mol. The number of carbonyl (C=O) groups excluding carboxylic acids is 1. The van der Waals surface area contributed by atoms with Crippen LogP contribution in [0.5, 0.6) is 0 Å². The van der Waals surface area contributed by atoms with E-state index >= 15 is 0 Å². The van der Waals surface area contributed by atoms with Crippen LogP contribution in [0.1, 0.15) is 165 Å². The second kappa shape index (κ2) is 29.1. The number of carboxylic acid groups (broad SMARTS) is 2. The zero-order chi connectivity index (χ0) is 51.9. The third kappa shape index (κ3) is 17.6. The van der Waals surface area contributed by atoms with E-state index in [-0.39, 0.29) is 16.9 Å². The minimum Gasteiger partial charge on any atom is -0.478 e. The predicted octanol–water partition coefficient (Wildman–Crippen LogP) is 14.2. The lowest BCUT2D eigenvalue weighted by atomic mass is 9.81. The smallest absolute Gasteiger partial charge is 0.339 e. The summed E-state index contributed by atoms with van der Waals surface area (Å²) < 4.78 is 29.8. The van der Waals surface area contributed by atoms with Crippen molar-refractivity contribution in [3.8, 4) is 23.0 Å². The molecule has 0 saturated carbocycles. The second-order valence-electron chi connectivity index (χ2n) is 18.3. The summed E-state index contributed by atoms with van der Waals surface area (Å²) in [5.74, 6) is 4.67. The van der Waals surface area contributed by atoms with Crippen LogP contribution in [0.2, 0.25) is 0 Å².